The normalized spacial score (nSPS) is 11.9. The molecular formula is C23H28N4. The minimum atomic E-state index is 0.213. The Morgan fingerprint density at radius 3 is 1.67 bits per heavy atom. The quantitative estimate of drug-likeness (QED) is 0.421. The lowest BCUT2D eigenvalue weighted by Gasteiger charge is -2.19. The van der Waals surface area contributed by atoms with Crippen molar-refractivity contribution in [1.29, 1.82) is 0 Å². The number of aryl methyl sites for hydroxylation is 2. The molecule has 4 rings (SSSR count). The van der Waals surface area contributed by atoms with Crippen molar-refractivity contribution in [2.45, 2.75) is 59.0 Å². The molecule has 2 heterocycles. The molecule has 4 aromatic rings. The number of benzene rings is 2. The van der Waals surface area contributed by atoms with Crippen LogP contribution in [0.25, 0.3) is 22.1 Å². The van der Waals surface area contributed by atoms with Gasteiger partial charge in [0.2, 0.25) is 0 Å². The van der Waals surface area contributed by atoms with Crippen molar-refractivity contribution in [3.8, 4) is 0 Å². The number of hydrogen-bond acceptors (Lipinski definition) is 2. The van der Waals surface area contributed by atoms with E-state index in [9.17, 15) is 0 Å². The summed E-state index contributed by atoms with van der Waals surface area (Å²) in [4.78, 5) is 10.1. The van der Waals surface area contributed by atoms with Gasteiger partial charge in [-0.15, -0.1) is 0 Å². The van der Waals surface area contributed by atoms with Crippen molar-refractivity contribution < 1.29 is 0 Å². The topological polar surface area (TPSA) is 35.6 Å². The highest BCUT2D eigenvalue weighted by Gasteiger charge is 2.26. The van der Waals surface area contributed by atoms with Crippen molar-refractivity contribution in [2.75, 3.05) is 0 Å². The maximum absolute atomic E-state index is 5.07. The molecular weight excluding hydrogens is 332 g/mol. The van der Waals surface area contributed by atoms with E-state index in [1.54, 1.807) is 0 Å². The second-order valence-corrected chi connectivity index (χ2v) is 7.10. The third-order valence-corrected chi connectivity index (χ3v) is 5.47. The summed E-state index contributed by atoms with van der Waals surface area (Å²) >= 11 is 0. The van der Waals surface area contributed by atoms with E-state index in [-0.39, 0.29) is 5.92 Å². The first-order valence-corrected chi connectivity index (χ1v) is 10.2. The summed E-state index contributed by atoms with van der Waals surface area (Å²) in [5, 5.41) is 0. The number of aromatic nitrogens is 4. The zero-order chi connectivity index (χ0) is 18.8. The summed E-state index contributed by atoms with van der Waals surface area (Å²) < 4.78 is 4.74. The van der Waals surface area contributed by atoms with Crippen LogP contribution < -0.4 is 0 Å². The minimum absolute atomic E-state index is 0.213. The van der Waals surface area contributed by atoms with Gasteiger partial charge in [-0.3, -0.25) is 0 Å². The minimum Gasteiger partial charge on any atom is -0.328 e. The van der Waals surface area contributed by atoms with Crippen LogP contribution in [-0.4, -0.2) is 19.1 Å². The van der Waals surface area contributed by atoms with Crippen molar-refractivity contribution >= 4 is 22.1 Å². The van der Waals surface area contributed by atoms with E-state index < -0.39 is 0 Å². The van der Waals surface area contributed by atoms with Gasteiger partial charge >= 0.3 is 0 Å². The SMILES string of the molecule is CCCCC(c1nc2ccccc2n1CC)c1nc2ccccc2n1CC. The smallest absolute Gasteiger partial charge is 0.120 e. The van der Waals surface area contributed by atoms with Crippen molar-refractivity contribution in [1.82, 2.24) is 19.1 Å². The second-order valence-electron chi connectivity index (χ2n) is 7.10. The number of unbranched alkanes of at least 4 members (excludes halogenated alkanes) is 1. The largest absolute Gasteiger partial charge is 0.328 e. The zero-order valence-electron chi connectivity index (χ0n) is 16.5. The summed E-state index contributed by atoms with van der Waals surface area (Å²) in [7, 11) is 0. The van der Waals surface area contributed by atoms with Crippen LogP contribution in [0, 0.1) is 0 Å². The summed E-state index contributed by atoms with van der Waals surface area (Å²) in [5.41, 5.74) is 4.59. The molecule has 140 valence electrons. The standard InChI is InChI=1S/C23H28N4/c1-4-7-12-17(22-24-18-13-8-10-15-20(18)26(22)5-2)23-25-19-14-9-11-16-21(19)27(23)6-3/h8-11,13-17H,4-7,12H2,1-3H3. The molecule has 0 amide bonds. The zero-order valence-corrected chi connectivity index (χ0v) is 16.5. The molecule has 4 nitrogen and oxygen atoms in total. The van der Waals surface area contributed by atoms with Crippen LogP contribution in [-0.2, 0) is 13.1 Å². The number of para-hydroxylation sites is 4. The van der Waals surface area contributed by atoms with Crippen LogP contribution in [0.4, 0.5) is 0 Å². The molecule has 0 aliphatic heterocycles. The van der Waals surface area contributed by atoms with Gasteiger partial charge in [0.15, 0.2) is 0 Å². The summed E-state index contributed by atoms with van der Waals surface area (Å²) in [5.74, 6) is 2.51. The lowest BCUT2D eigenvalue weighted by Crippen LogP contribution is -2.15. The lowest BCUT2D eigenvalue weighted by molar-refractivity contribution is 0.545. The molecule has 27 heavy (non-hydrogen) atoms. The highest BCUT2D eigenvalue weighted by molar-refractivity contribution is 5.77. The predicted molar refractivity (Wildman–Crippen MR) is 112 cm³/mol. The Morgan fingerprint density at radius 2 is 1.22 bits per heavy atom. The maximum Gasteiger partial charge on any atom is 0.120 e. The Labute approximate surface area is 160 Å². The van der Waals surface area contributed by atoms with E-state index in [1.165, 1.54) is 23.9 Å². The van der Waals surface area contributed by atoms with Crippen molar-refractivity contribution in [3.63, 3.8) is 0 Å². The molecule has 0 saturated carbocycles. The fourth-order valence-electron chi connectivity index (χ4n) is 4.17. The van der Waals surface area contributed by atoms with Gasteiger partial charge in [-0.2, -0.15) is 0 Å². The molecule has 0 spiro atoms. The van der Waals surface area contributed by atoms with E-state index in [0.717, 1.165) is 42.2 Å². The van der Waals surface area contributed by atoms with Crippen LogP contribution in [0.1, 0.15) is 57.6 Å². The lowest BCUT2D eigenvalue weighted by atomic mass is 10.00. The fraction of sp³-hybridized carbons (Fsp3) is 0.391. The van der Waals surface area contributed by atoms with Crippen molar-refractivity contribution in [3.05, 3.63) is 60.2 Å². The summed E-state index contributed by atoms with van der Waals surface area (Å²) in [6.07, 6.45) is 3.42. The molecule has 2 aromatic carbocycles. The van der Waals surface area contributed by atoms with E-state index in [2.05, 4.69) is 78.4 Å². The van der Waals surface area contributed by atoms with E-state index in [0.29, 0.717) is 0 Å². The number of fused-ring (bicyclic) bond motifs is 2. The fourth-order valence-corrected chi connectivity index (χ4v) is 4.17. The van der Waals surface area contributed by atoms with Crippen LogP contribution in [0.3, 0.4) is 0 Å². The van der Waals surface area contributed by atoms with Gasteiger partial charge in [0, 0.05) is 13.1 Å². The molecule has 0 aliphatic rings. The number of hydrogen-bond donors (Lipinski definition) is 0. The Hall–Kier alpha value is -2.62. The van der Waals surface area contributed by atoms with Crippen LogP contribution in [0.5, 0.6) is 0 Å². The van der Waals surface area contributed by atoms with Gasteiger partial charge in [0.25, 0.3) is 0 Å². The van der Waals surface area contributed by atoms with Crippen LogP contribution in [0.15, 0.2) is 48.5 Å². The Bertz CT molecular complexity index is 975. The average molecular weight is 361 g/mol. The molecule has 0 saturated heterocycles. The summed E-state index contributed by atoms with van der Waals surface area (Å²) in [6, 6.07) is 16.9. The molecule has 0 atom stereocenters. The Morgan fingerprint density at radius 1 is 0.741 bits per heavy atom. The summed E-state index contributed by atoms with van der Waals surface area (Å²) in [6.45, 7) is 8.51. The van der Waals surface area contributed by atoms with Gasteiger partial charge in [0.05, 0.1) is 28.0 Å². The van der Waals surface area contributed by atoms with Gasteiger partial charge in [-0.1, -0.05) is 44.0 Å². The molecule has 0 bridgehead atoms. The number of rotatable bonds is 7. The first-order chi connectivity index (χ1) is 13.3. The first kappa shape index (κ1) is 17.8. The molecule has 0 radical (unpaired) electrons. The molecule has 0 N–H and O–H groups in total. The third-order valence-electron chi connectivity index (χ3n) is 5.47. The number of nitrogens with zero attached hydrogens (tertiary/aromatic N) is 4. The first-order valence-electron chi connectivity index (χ1n) is 10.2. The van der Waals surface area contributed by atoms with E-state index in [4.69, 9.17) is 9.97 Å². The van der Waals surface area contributed by atoms with E-state index in [1.807, 2.05) is 0 Å². The van der Waals surface area contributed by atoms with E-state index >= 15 is 0 Å². The molecule has 2 aromatic heterocycles. The highest BCUT2D eigenvalue weighted by Crippen LogP contribution is 2.33. The Balaban J connectivity index is 1.93. The molecule has 0 unspecified atom stereocenters. The third kappa shape index (κ3) is 3.03. The molecule has 0 aliphatic carbocycles. The molecule has 0 fully saturated rings. The second kappa shape index (κ2) is 7.55. The monoisotopic (exact) mass is 360 g/mol. The molecule has 4 heteroatoms. The predicted octanol–water partition coefficient (Wildman–Crippen LogP) is 5.75. The van der Waals surface area contributed by atoms with Gasteiger partial charge in [-0.05, 0) is 44.5 Å². The maximum atomic E-state index is 5.07. The van der Waals surface area contributed by atoms with Crippen LogP contribution in [0.2, 0.25) is 0 Å². The highest BCUT2D eigenvalue weighted by atomic mass is 15.1. The average Bonchev–Trinajstić information content (AvgIpc) is 3.26. The van der Waals surface area contributed by atoms with Crippen LogP contribution >= 0.6 is 0 Å². The van der Waals surface area contributed by atoms with Crippen molar-refractivity contribution in [2.24, 2.45) is 0 Å². The van der Waals surface area contributed by atoms with Gasteiger partial charge < -0.3 is 9.13 Å². The Kier molecular flexibility index (Phi) is 4.97. The number of imidazole rings is 2. The van der Waals surface area contributed by atoms with Gasteiger partial charge in [0.1, 0.15) is 11.6 Å². The van der Waals surface area contributed by atoms with Gasteiger partial charge in [-0.25, -0.2) is 9.97 Å².